The van der Waals surface area contributed by atoms with Crippen LogP contribution < -0.4 is 15.4 Å². The van der Waals surface area contributed by atoms with Crippen molar-refractivity contribution in [1.29, 1.82) is 0 Å². The van der Waals surface area contributed by atoms with Gasteiger partial charge in [-0.15, -0.1) is 12.4 Å². The number of nitrogens with one attached hydrogen (secondary N) is 2. The molecular formula is C14H18ClF3N2O2. The number of rotatable bonds is 4. The lowest BCUT2D eigenvalue weighted by molar-refractivity contribution is -0.153. The van der Waals surface area contributed by atoms with Gasteiger partial charge in [-0.1, -0.05) is 6.07 Å². The molecule has 1 aromatic rings. The van der Waals surface area contributed by atoms with Gasteiger partial charge in [-0.2, -0.15) is 13.2 Å². The third-order valence-corrected chi connectivity index (χ3v) is 3.21. The highest BCUT2D eigenvalue weighted by Crippen LogP contribution is 2.22. The summed E-state index contributed by atoms with van der Waals surface area (Å²) in [6, 6.07) is 5.99. The Balaban J connectivity index is 0.00000242. The minimum Gasteiger partial charge on any atom is -0.484 e. The van der Waals surface area contributed by atoms with Gasteiger partial charge in [-0.25, -0.2) is 0 Å². The van der Waals surface area contributed by atoms with Crippen LogP contribution in [0.5, 0.6) is 5.75 Å². The van der Waals surface area contributed by atoms with Gasteiger partial charge in [0.05, 0.1) is 0 Å². The summed E-state index contributed by atoms with van der Waals surface area (Å²) in [7, 11) is 0. The molecule has 0 radical (unpaired) electrons. The lowest BCUT2D eigenvalue weighted by Gasteiger charge is -2.21. The summed E-state index contributed by atoms with van der Waals surface area (Å²) in [5, 5.41) is 5.89. The number of hydrogen-bond donors (Lipinski definition) is 2. The number of ether oxygens (including phenoxy) is 1. The van der Waals surface area contributed by atoms with Crippen LogP contribution >= 0.6 is 12.4 Å². The van der Waals surface area contributed by atoms with Gasteiger partial charge < -0.3 is 15.4 Å². The lowest BCUT2D eigenvalue weighted by atomic mass is 9.97. The maximum absolute atomic E-state index is 12.1. The van der Waals surface area contributed by atoms with Crippen LogP contribution in [0.1, 0.15) is 12.8 Å². The molecule has 2 rings (SSSR count). The van der Waals surface area contributed by atoms with E-state index in [-0.39, 0.29) is 30.0 Å². The third kappa shape index (κ3) is 6.11. The number of alkyl halides is 3. The molecule has 124 valence electrons. The van der Waals surface area contributed by atoms with Crippen molar-refractivity contribution in [3.8, 4) is 5.75 Å². The number of hydrogen-bond acceptors (Lipinski definition) is 3. The largest absolute Gasteiger partial charge is 0.484 e. The van der Waals surface area contributed by atoms with Crippen LogP contribution in [0.2, 0.25) is 0 Å². The predicted molar refractivity (Wildman–Crippen MR) is 79.5 cm³/mol. The van der Waals surface area contributed by atoms with Crippen LogP contribution in [-0.2, 0) is 4.79 Å². The Morgan fingerprint density at radius 1 is 1.32 bits per heavy atom. The molecule has 0 aromatic heterocycles. The van der Waals surface area contributed by atoms with E-state index in [9.17, 15) is 18.0 Å². The van der Waals surface area contributed by atoms with Gasteiger partial charge in [0.2, 0.25) is 5.91 Å². The molecule has 2 N–H and O–H groups in total. The van der Waals surface area contributed by atoms with E-state index < -0.39 is 12.8 Å². The molecular weight excluding hydrogens is 321 g/mol. The summed E-state index contributed by atoms with van der Waals surface area (Å²) < 4.78 is 40.9. The number of benzene rings is 1. The number of carbonyl (C=O) groups is 1. The second-order valence-electron chi connectivity index (χ2n) is 4.95. The molecule has 1 amide bonds. The fourth-order valence-corrected chi connectivity index (χ4v) is 2.16. The number of halogens is 4. The van der Waals surface area contributed by atoms with Gasteiger partial charge in [0.15, 0.2) is 6.61 Å². The molecule has 0 unspecified atom stereocenters. The smallest absolute Gasteiger partial charge is 0.422 e. The fraction of sp³-hybridized carbons (Fsp3) is 0.500. The van der Waals surface area contributed by atoms with Crippen molar-refractivity contribution in [2.24, 2.45) is 5.92 Å². The average Bonchev–Trinajstić information content (AvgIpc) is 2.46. The van der Waals surface area contributed by atoms with Crippen LogP contribution in [0, 0.1) is 5.92 Å². The lowest BCUT2D eigenvalue weighted by Crippen LogP contribution is -2.34. The van der Waals surface area contributed by atoms with E-state index >= 15 is 0 Å². The summed E-state index contributed by atoms with van der Waals surface area (Å²) in [5.74, 6) is -0.0918. The van der Waals surface area contributed by atoms with E-state index in [1.165, 1.54) is 12.1 Å². The Kier molecular flexibility index (Phi) is 6.96. The molecule has 0 atom stereocenters. The minimum atomic E-state index is -4.38. The van der Waals surface area contributed by atoms with Crippen LogP contribution in [-0.4, -0.2) is 31.8 Å². The molecule has 8 heteroatoms. The second kappa shape index (κ2) is 8.24. The molecule has 1 aliphatic heterocycles. The van der Waals surface area contributed by atoms with Crippen molar-refractivity contribution >= 4 is 24.0 Å². The van der Waals surface area contributed by atoms with Crippen molar-refractivity contribution in [1.82, 2.24) is 5.32 Å². The van der Waals surface area contributed by atoms with E-state index in [0.29, 0.717) is 5.69 Å². The molecule has 0 aliphatic carbocycles. The molecule has 0 bridgehead atoms. The van der Waals surface area contributed by atoms with E-state index in [2.05, 4.69) is 15.4 Å². The van der Waals surface area contributed by atoms with Gasteiger partial charge in [-0.3, -0.25) is 4.79 Å². The Hall–Kier alpha value is -1.47. The summed E-state index contributed by atoms with van der Waals surface area (Å²) in [6.07, 6.45) is -2.86. The van der Waals surface area contributed by atoms with Gasteiger partial charge in [0.1, 0.15) is 5.75 Å². The quantitative estimate of drug-likeness (QED) is 0.887. The zero-order valence-corrected chi connectivity index (χ0v) is 12.6. The van der Waals surface area contributed by atoms with Crippen molar-refractivity contribution in [3.05, 3.63) is 24.3 Å². The van der Waals surface area contributed by atoms with Gasteiger partial charge >= 0.3 is 6.18 Å². The van der Waals surface area contributed by atoms with Crippen LogP contribution in [0.3, 0.4) is 0 Å². The van der Waals surface area contributed by atoms with Crippen molar-refractivity contribution in [3.63, 3.8) is 0 Å². The third-order valence-electron chi connectivity index (χ3n) is 3.21. The molecule has 1 heterocycles. The number of piperidine rings is 1. The van der Waals surface area contributed by atoms with Gasteiger partial charge in [0, 0.05) is 17.7 Å². The van der Waals surface area contributed by atoms with Gasteiger partial charge in [0.25, 0.3) is 0 Å². The summed E-state index contributed by atoms with van der Waals surface area (Å²) in [6.45, 7) is 0.248. The van der Waals surface area contributed by atoms with Crippen molar-refractivity contribution < 1.29 is 22.7 Å². The van der Waals surface area contributed by atoms with Gasteiger partial charge in [-0.05, 0) is 38.1 Å². The zero-order chi connectivity index (χ0) is 15.3. The van der Waals surface area contributed by atoms with Crippen LogP contribution in [0.25, 0.3) is 0 Å². The van der Waals surface area contributed by atoms with E-state index in [0.717, 1.165) is 25.9 Å². The maximum atomic E-state index is 12.1. The number of anilines is 1. The molecule has 1 aromatic carbocycles. The first-order valence-corrected chi connectivity index (χ1v) is 6.75. The maximum Gasteiger partial charge on any atom is 0.422 e. The molecule has 22 heavy (non-hydrogen) atoms. The Labute approximate surface area is 132 Å². The number of carbonyl (C=O) groups excluding carboxylic acids is 1. The second-order valence-corrected chi connectivity index (χ2v) is 4.95. The van der Waals surface area contributed by atoms with Crippen LogP contribution in [0.15, 0.2) is 24.3 Å². The highest BCUT2D eigenvalue weighted by Gasteiger charge is 2.28. The normalized spacial score (nSPS) is 15.8. The minimum absolute atomic E-state index is 0. The summed E-state index contributed by atoms with van der Waals surface area (Å²) in [5.41, 5.74) is 0.443. The Morgan fingerprint density at radius 2 is 2.00 bits per heavy atom. The standard InChI is InChI=1S/C14H17F3N2O2.ClH/c15-14(16,17)9-21-12-3-1-2-11(8-12)19-13(20)10-4-6-18-7-5-10;/h1-3,8,10,18H,4-7,9H2,(H,19,20);1H. The van der Waals surface area contributed by atoms with Crippen LogP contribution in [0.4, 0.5) is 18.9 Å². The Bertz CT molecular complexity index is 491. The van der Waals surface area contributed by atoms with Crippen molar-refractivity contribution in [2.75, 3.05) is 25.0 Å². The summed E-state index contributed by atoms with van der Waals surface area (Å²) >= 11 is 0. The summed E-state index contributed by atoms with van der Waals surface area (Å²) in [4.78, 5) is 12.0. The SMILES string of the molecule is Cl.O=C(Nc1cccc(OCC(F)(F)F)c1)C1CCNCC1. The molecule has 0 saturated carbocycles. The average molecular weight is 339 g/mol. The first-order valence-electron chi connectivity index (χ1n) is 6.75. The predicted octanol–water partition coefficient (Wildman–Crippen LogP) is 2.99. The first kappa shape index (κ1) is 18.6. The van der Waals surface area contributed by atoms with Crippen molar-refractivity contribution in [2.45, 2.75) is 19.0 Å². The highest BCUT2D eigenvalue weighted by atomic mass is 35.5. The monoisotopic (exact) mass is 338 g/mol. The molecule has 0 spiro atoms. The molecule has 1 aliphatic rings. The first-order chi connectivity index (χ1) is 9.94. The topological polar surface area (TPSA) is 50.4 Å². The van der Waals surface area contributed by atoms with E-state index in [1.54, 1.807) is 12.1 Å². The van der Waals surface area contributed by atoms with E-state index in [1.807, 2.05) is 0 Å². The molecule has 1 fully saturated rings. The molecule has 1 saturated heterocycles. The Morgan fingerprint density at radius 3 is 2.64 bits per heavy atom. The fourth-order valence-electron chi connectivity index (χ4n) is 2.16. The van der Waals surface area contributed by atoms with E-state index in [4.69, 9.17) is 0 Å². The zero-order valence-electron chi connectivity index (χ0n) is 11.8. The number of amides is 1. The highest BCUT2D eigenvalue weighted by molar-refractivity contribution is 5.92. The molecule has 4 nitrogen and oxygen atoms in total.